The molecule has 6 N–H and O–H groups in total. The fraction of sp³-hybridized carbons (Fsp3) is 0.792. The van der Waals surface area contributed by atoms with Crippen LogP contribution in [0, 0.1) is 0 Å². The molecule has 13 heteroatoms. The minimum Gasteiger partial charge on any atom is -0.387 e. The molecular formula is C24H40N5O7P. The number of ether oxygens (including phenoxy) is 1. The van der Waals surface area contributed by atoms with Gasteiger partial charge in [-0.3, -0.25) is 19.5 Å². The third-order valence-electron chi connectivity index (χ3n) is 7.97. The molecule has 4 heterocycles. The van der Waals surface area contributed by atoms with E-state index in [1.54, 1.807) is 11.2 Å². The molecular weight excluding hydrogens is 501 g/mol. The first kappa shape index (κ1) is 28.4. The molecule has 0 spiro atoms. The average Bonchev–Trinajstić information content (AvgIpc) is 3.09. The highest BCUT2D eigenvalue weighted by Crippen LogP contribution is 2.41. The average molecular weight is 542 g/mol. The van der Waals surface area contributed by atoms with Crippen molar-refractivity contribution < 1.29 is 33.8 Å². The smallest absolute Gasteiger partial charge is 0.387 e. The predicted octanol–water partition coefficient (Wildman–Crippen LogP) is 1.28. The Labute approximate surface area is 217 Å². The summed E-state index contributed by atoms with van der Waals surface area (Å²) in [6, 6.07) is 0. The van der Waals surface area contributed by atoms with Crippen LogP contribution in [0.1, 0.15) is 64.2 Å². The Morgan fingerprint density at radius 2 is 1.81 bits per heavy atom. The lowest BCUT2D eigenvalue weighted by atomic mass is 9.79. The molecule has 4 aliphatic heterocycles. The summed E-state index contributed by atoms with van der Waals surface area (Å²) < 4.78 is 21.8. The molecule has 208 valence electrons. The lowest BCUT2D eigenvalue weighted by molar-refractivity contribution is -0.0952. The topological polar surface area (TPSA) is 183 Å². The van der Waals surface area contributed by atoms with Crippen LogP contribution >= 0.6 is 7.82 Å². The van der Waals surface area contributed by atoms with Gasteiger partial charge in [0.25, 0.3) is 0 Å². The van der Waals surface area contributed by atoms with Gasteiger partial charge in [0, 0.05) is 6.21 Å². The molecule has 6 atom stereocenters. The summed E-state index contributed by atoms with van der Waals surface area (Å²) in [5.41, 5.74) is 6.03. The highest BCUT2D eigenvalue weighted by molar-refractivity contribution is 7.46. The van der Waals surface area contributed by atoms with E-state index in [0.717, 1.165) is 63.4 Å². The Balaban J connectivity index is 1.78. The molecule has 12 nitrogen and oxygen atoms in total. The van der Waals surface area contributed by atoms with E-state index in [-0.39, 0.29) is 6.54 Å². The Morgan fingerprint density at radius 3 is 2.54 bits per heavy atom. The first-order valence-electron chi connectivity index (χ1n) is 13.1. The van der Waals surface area contributed by atoms with Gasteiger partial charge in [-0.1, -0.05) is 44.3 Å². The molecule has 0 amide bonds. The van der Waals surface area contributed by atoms with Gasteiger partial charge in [0.1, 0.15) is 24.1 Å². The van der Waals surface area contributed by atoms with E-state index in [9.17, 15) is 14.8 Å². The monoisotopic (exact) mass is 541 g/mol. The Morgan fingerprint density at radius 1 is 1.11 bits per heavy atom. The maximum atomic E-state index is 11.2. The summed E-state index contributed by atoms with van der Waals surface area (Å²) in [6.07, 6.45) is 7.41. The van der Waals surface area contributed by atoms with Crippen LogP contribution in [0.25, 0.3) is 0 Å². The molecule has 0 saturated carbocycles. The van der Waals surface area contributed by atoms with Crippen LogP contribution in [-0.4, -0.2) is 98.6 Å². The van der Waals surface area contributed by atoms with Crippen LogP contribution in [0.3, 0.4) is 0 Å². The van der Waals surface area contributed by atoms with Crippen LogP contribution in [0.4, 0.5) is 0 Å². The van der Waals surface area contributed by atoms with Gasteiger partial charge in [0.05, 0.1) is 37.1 Å². The Hall–Kier alpha value is -1.66. The van der Waals surface area contributed by atoms with Crippen molar-refractivity contribution in [1.29, 1.82) is 0 Å². The van der Waals surface area contributed by atoms with Crippen molar-refractivity contribution in [2.24, 2.45) is 20.7 Å². The molecule has 4 rings (SSSR count). The first-order chi connectivity index (χ1) is 17.6. The van der Waals surface area contributed by atoms with E-state index in [1.165, 1.54) is 0 Å². The van der Waals surface area contributed by atoms with Gasteiger partial charge in [0.2, 0.25) is 0 Å². The van der Waals surface area contributed by atoms with Gasteiger partial charge in [0.15, 0.2) is 6.23 Å². The quantitative estimate of drug-likeness (QED) is 0.258. The second-order valence-corrected chi connectivity index (χ2v) is 11.9. The Kier molecular flexibility index (Phi) is 8.90. The zero-order valence-electron chi connectivity index (χ0n) is 21.2. The second-order valence-electron chi connectivity index (χ2n) is 10.6. The van der Waals surface area contributed by atoms with Crippen LogP contribution in [0.15, 0.2) is 27.1 Å². The molecule has 1 saturated heterocycles. The minimum absolute atomic E-state index is 0.144. The number of phosphoric acid groups is 1. The van der Waals surface area contributed by atoms with Gasteiger partial charge in [-0.25, -0.2) is 4.57 Å². The molecule has 0 aromatic rings. The molecule has 4 aliphatic rings. The van der Waals surface area contributed by atoms with E-state index in [0.29, 0.717) is 18.8 Å². The molecule has 0 aromatic carbocycles. The summed E-state index contributed by atoms with van der Waals surface area (Å²) in [7, 11) is -4.79. The number of aliphatic hydroxyl groups excluding tert-OH is 2. The van der Waals surface area contributed by atoms with Crippen molar-refractivity contribution in [3.05, 3.63) is 12.2 Å². The van der Waals surface area contributed by atoms with E-state index in [4.69, 9.17) is 30.2 Å². The number of amidine groups is 1. The maximum Gasteiger partial charge on any atom is 0.469 e. The minimum atomic E-state index is -4.79. The molecule has 0 aliphatic carbocycles. The zero-order chi connectivity index (χ0) is 26.7. The second kappa shape index (κ2) is 11.6. The van der Waals surface area contributed by atoms with Crippen molar-refractivity contribution in [3.63, 3.8) is 0 Å². The van der Waals surface area contributed by atoms with Crippen molar-refractivity contribution in [1.82, 2.24) is 4.90 Å². The number of nitrogens with two attached hydrogens (primary N) is 1. The normalized spacial score (nSPS) is 38.0. The van der Waals surface area contributed by atoms with E-state index >= 15 is 0 Å². The van der Waals surface area contributed by atoms with Gasteiger partial charge >= 0.3 is 7.82 Å². The van der Waals surface area contributed by atoms with Crippen LogP contribution < -0.4 is 5.73 Å². The number of nitrogens with zero attached hydrogens (tertiary/aromatic N) is 4. The third kappa shape index (κ3) is 6.50. The lowest BCUT2D eigenvalue weighted by Crippen LogP contribution is -2.59. The predicted molar refractivity (Wildman–Crippen MR) is 140 cm³/mol. The molecule has 1 fully saturated rings. The number of aliphatic imine (C=N–C) groups is 3. The van der Waals surface area contributed by atoms with Gasteiger partial charge < -0.3 is 35.4 Å². The highest BCUT2D eigenvalue weighted by Gasteiger charge is 2.52. The van der Waals surface area contributed by atoms with Crippen LogP contribution in [0.5, 0.6) is 0 Å². The molecule has 2 bridgehead atoms. The van der Waals surface area contributed by atoms with E-state index in [2.05, 4.69) is 16.1 Å². The zero-order valence-corrected chi connectivity index (χ0v) is 22.1. The maximum absolute atomic E-state index is 11.2. The highest BCUT2D eigenvalue weighted by atomic mass is 31.2. The fourth-order valence-corrected chi connectivity index (χ4v) is 6.30. The van der Waals surface area contributed by atoms with Crippen molar-refractivity contribution >= 4 is 26.2 Å². The van der Waals surface area contributed by atoms with Crippen molar-refractivity contribution in [2.75, 3.05) is 19.7 Å². The summed E-state index contributed by atoms with van der Waals surface area (Å²) in [5.74, 6) is 0.395. The summed E-state index contributed by atoms with van der Waals surface area (Å²) in [6.45, 7) is 4.37. The first-order valence-corrected chi connectivity index (χ1v) is 14.6. The molecule has 0 radical (unpaired) electrons. The van der Waals surface area contributed by atoms with E-state index < -0.39 is 50.0 Å². The molecule has 6 unspecified atom stereocenters. The van der Waals surface area contributed by atoms with Crippen molar-refractivity contribution in [2.45, 2.75) is 99.8 Å². The Bertz CT molecular complexity index is 971. The van der Waals surface area contributed by atoms with Crippen LogP contribution in [-0.2, 0) is 13.8 Å². The standard InChI is InChI=1S/C24H40N5O7P/c1-17-8-4-7-10-23-9-5-2-3-6-11-24(17,15-27-14-23)29(16-26-12-19(25)28-23)22-21(31)20(30)18(36-22)13-35-37(32,33)34/h14,16,18,20-22,30-31H,1-13,15H2,(H2,25,28)(H2,32,33,34). The van der Waals surface area contributed by atoms with Gasteiger partial charge in [-0.05, 0) is 32.1 Å². The fourth-order valence-electron chi connectivity index (χ4n) is 5.96. The molecule has 0 aromatic heterocycles. The number of aliphatic hydroxyl groups is 2. The number of rotatable bonds is 4. The summed E-state index contributed by atoms with van der Waals surface area (Å²) in [5, 5.41) is 21.8. The number of hydrogen-bond donors (Lipinski definition) is 5. The third-order valence-corrected chi connectivity index (χ3v) is 8.45. The van der Waals surface area contributed by atoms with Crippen LogP contribution in [0.2, 0.25) is 0 Å². The number of phosphoric ester groups is 1. The summed E-state index contributed by atoms with van der Waals surface area (Å²) in [4.78, 5) is 34.4. The molecule has 37 heavy (non-hydrogen) atoms. The largest absolute Gasteiger partial charge is 0.469 e. The van der Waals surface area contributed by atoms with Gasteiger partial charge in [-0.15, -0.1) is 0 Å². The lowest BCUT2D eigenvalue weighted by Gasteiger charge is -2.47. The van der Waals surface area contributed by atoms with E-state index in [1.807, 2.05) is 6.21 Å². The van der Waals surface area contributed by atoms with Crippen molar-refractivity contribution in [3.8, 4) is 0 Å². The van der Waals surface area contributed by atoms with Gasteiger partial charge in [-0.2, -0.15) is 0 Å². The summed E-state index contributed by atoms with van der Waals surface area (Å²) >= 11 is 0. The SMILES string of the molecule is C=C1CCCCC23C=NCC1(CCCCCC2)N(C1OC(COP(=O)(O)O)C(O)C1O)C=NCC(N)=N3. The number of hydrogen-bond acceptors (Lipinski definition) is 10.